The molecule has 14 nitrogen and oxygen atoms in total. The second-order valence-electron chi connectivity index (χ2n) is 19.8. The van der Waals surface area contributed by atoms with Crippen LogP contribution in [-0.2, 0) is 19.9 Å². The Kier molecular flexibility index (Phi) is 24.2. The highest BCUT2D eigenvalue weighted by Gasteiger charge is 2.35. The van der Waals surface area contributed by atoms with Crippen LogP contribution in [-0.4, -0.2) is 68.1 Å². The maximum Gasteiger partial charge on any atom is 0.261 e. The predicted molar refractivity (Wildman–Crippen MR) is 351 cm³/mol. The summed E-state index contributed by atoms with van der Waals surface area (Å²) in [6.07, 6.45) is 16.1. The number of hydrogen-bond acceptors (Lipinski definition) is 16. The third-order valence-electron chi connectivity index (χ3n) is 14.0. The van der Waals surface area contributed by atoms with Gasteiger partial charge in [-0.25, -0.2) is 0 Å². The van der Waals surface area contributed by atoms with Crippen molar-refractivity contribution in [3.8, 4) is 6.07 Å². The van der Waals surface area contributed by atoms with Crippen LogP contribution < -0.4 is 21.3 Å². The van der Waals surface area contributed by atoms with Gasteiger partial charge in [0.2, 0.25) is 5.91 Å². The minimum atomic E-state index is -1.14. The van der Waals surface area contributed by atoms with Crippen molar-refractivity contribution in [3.05, 3.63) is 251 Å². The van der Waals surface area contributed by atoms with E-state index in [0.717, 1.165) is 80.9 Å². The fraction of sp³-hybridized carbons (Fsp3) is 0.246. The molecule has 1 aromatic carbocycles. The van der Waals surface area contributed by atoms with Crippen molar-refractivity contribution in [2.75, 3.05) is 39.4 Å². The number of aliphatic hydroxyl groups is 1. The lowest BCUT2D eigenvalue weighted by Gasteiger charge is -2.27. The van der Waals surface area contributed by atoms with Gasteiger partial charge in [-0.05, 0) is 154 Å². The number of ether oxygens (including phenoxy) is 2. The minimum absolute atomic E-state index is 0.0203. The van der Waals surface area contributed by atoms with Gasteiger partial charge in [-0.3, -0.25) is 19.2 Å². The Balaban J connectivity index is 0.000000138. The first-order chi connectivity index (χ1) is 42.4. The van der Waals surface area contributed by atoms with Crippen LogP contribution in [0.15, 0.2) is 204 Å². The van der Waals surface area contributed by atoms with E-state index in [1.165, 1.54) is 50.2 Å². The Bertz CT molecular complexity index is 3530. The number of hydrogen-bond donors (Lipinski definition) is 5. The molecule has 12 rings (SSSR count). The summed E-state index contributed by atoms with van der Waals surface area (Å²) in [6, 6.07) is 37.3. The summed E-state index contributed by atoms with van der Waals surface area (Å²) in [6.45, 7) is 3.05. The number of carbonyl (C=O) groups is 4. The van der Waals surface area contributed by atoms with Crippen molar-refractivity contribution in [3.63, 3.8) is 0 Å². The Morgan fingerprint density at radius 3 is 1.77 bits per heavy atom. The topological polar surface area (TPSA) is 205 Å². The molecule has 0 saturated carbocycles. The summed E-state index contributed by atoms with van der Waals surface area (Å²) in [5.41, 5.74) is -0.186. The lowest BCUT2D eigenvalue weighted by molar-refractivity contribution is -0.126. The van der Waals surface area contributed by atoms with E-state index in [1.807, 2.05) is 106 Å². The molecule has 0 spiro atoms. The van der Waals surface area contributed by atoms with Crippen LogP contribution in [0.25, 0.3) is 0 Å². The number of carbonyl (C=O) groups excluding carboxylic acids is 4. The van der Waals surface area contributed by atoms with E-state index in [0.29, 0.717) is 51.5 Å². The molecule has 10 heterocycles. The van der Waals surface area contributed by atoms with Gasteiger partial charge >= 0.3 is 0 Å². The molecule has 8 aromatic heterocycles. The molecule has 3 aliphatic rings. The van der Waals surface area contributed by atoms with Crippen LogP contribution in [0.4, 0.5) is 0 Å². The zero-order valence-corrected chi connectivity index (χ0v) is 54.0. The Morgan fingerprint density at radius 2 is 1.24 bits per heavy atom. The van der Waals surface area contributed by atoms with E-state index in [4.69, 9.17) is 35.2 Å². The van der Waals surface area contributed by atoms with E-state index in [9.17, 15) is 24.3 Å². The summed E-state index contributed by atoms with van der Waals surface area (Å²) in [4.78, 5) is 54.3. The number of allylic oxidation sites excluding steroid dienone is 2. The third kappa shape index (κ3) is 18.2. The summed E-state index contributed by atoms with van der Waals surface area (Å²) in [7, 11) is 0. The normalized spacial score (nSPS) is 15.1. The van der Waals surface area contributed by atoms with Crippen molar-refractivity contribution >= 4 is 119 Å². The van der Waals surface area contributed by atoms with Crippen LogP contribution >= 0.6 is 95.6 Å². The van der Waals surface area contributed by atoms with Gasteiger partial charge in [0.25, 0.3) is 17.7 Å². The van der Waals surface area contributed by atoms with Crippen molar-refractivity contribution in [2.45, 2.75) is 55.5 Å². The molecule has 22 heteroatoms. The number of amides is 4. The van der Waals surface area contributed by atoms with Crippen LogP contribution in [0, 0.1) is 17.2 Å². The average Bonchev–Trinajstić information content (AvgIpc) is 2.68. The lowest BCUT2D eigenvalue weighted by Crippen LogP contribution is -2.43. The van der Waals surface area contributed by atoms with Crippen molar-refractivity contribution < 1.29 is 42.6 Å². The molecule has 5 N–H and O–H groups in total. The summed E-state index contributed by atoms with van der Waals surface area (Å²) >= 11 is 18.2. The molecule has 0 saturated heterocycles. The molecule has 0 radical (unpaired) electrons. The smallest absolute Gasteiger partial charge is 0.261 e. The Morgan fingerprint density at radius 1 is 0.644 bits per heavy atom. The number of benzene rings is 1. The van der Waals surface area contributed by atoms with Gasteiger partial charge in [-0.1, -0.05) is 54.1 Å². The average molecular weight is 1360 g/mol. The second kappa shape index (κ2) is 32.8. The lowest BCUT2D eigenvalue weighted by atomic mass is 9.93. The molecular formula is C65H61BrClN5O9S6. The van der Waals surface area contributed by atoms with E-state index in [1.54, 1.807) is 71.6 Å². The van der Waals surface area contributed by atoms with Crippen LogP contribution in [0.1, 0.15) is 116 Å². The fourth-order valence-corrected chi connectivity index (χ4v) is 15.2. The highest BCUT2D eigenvalue weighted by atomic mass is 79.9. The SMILES string of the molecule is N#Cc1cccc(C(=O)NCC(c2ccco2)c2cccs2)c1.O=C(NCC(C1=CCCO1)c1ccco1)c1cc(Br)cs1.O=C(NCC(C1=CCCO1)c1cccs1)c1ccc(Cl)s1.O=C(NCC(O)(c1cccs1)c1cccs1)C1CC=CCC1. The summed E-state index contributed by atoms with van der Waals surface area (Å²) in [5, 5.41) is 41.7. The van der Waals surface area contributed by atoms with Crippen molar-refractivity contribution in [1.29, 1.82) is 5.26 Å². The number of thiophene rings is 6. The van der Waals surface area contributed by atoms with Crippen molar-refractivity contribution in [2.24, 2.45) is 5.92 Å². The number of furan rings is 2. The maximum atomic E-state index is 12.3. The minimum Gasteiger partial charge on any atom is -0.497 e. The zero-order valence-electron chi connectivity index (χ0n) is 46.8. The van der Waals surface area contributed by atoms with Gasteiger partial charge in [0.05, 0.1) is 75.8 Å². The largest absolute Gasteiger partial charge is 0.497 e. The fourth-order valence-electron chi connectivity index (χ4n) is 9.52. The quantitative estimate of drug-likeness (QED) is 0.0457. The molecule has 0 bridgehead atoms. The van der Waals surface area contributed by atoms with E-state index < -0.39 is 5.60 Å². The first-order valence-corrected chi connectivity index (χ1v) is 34.2. The molecule has 4 unspecified atom stereocenters. The van der Waals surface area contributed by atoms with Crippen LogP contribution in [0.5, 0.6) is 0 Å². The standard InChI is InChI=1S/C18H14N2O2S.C17H19NO2S2.C15H14BrNO3S.C15H14ClNO2S2/c19-11-13-4-1-5-14(10-13)18(21)20-12-15(16-6-2-8-22-16)17-7-3-9-23-17;19-16(13-6-2-1-3-7-13)18-12-17(20,14-8-4-10-21-14)15-9-5-11-22-15;16-10-7-14(21-9-10)15(18)17-8-11(12-3-1-5-19-12)13-4-2-6-20-13;16-14-6-5-13(21-14)15(18)17-9-10(11-3-1-7-19-11)12-4-2-8-20-12/h1-10,15H,12H2,(H,20,21);1-2,4-5,8-11,13,20H,3,6-7,12H2,(H,18,19);1,3-5,7,9,11H,2,6,8H2,(H,17,18);2-6,8,10H,1,7,9H2,(H,17,18). The number of halogens is 2. The van der Waals surface area contributed by atoms with Gasteiger partial charge in [0, 0.05) is 73.3 Å². The number of rotatable bonds is 20. The second-order valence-corrected chi connectivity index (χ2v) is 27.2. The van der Waals surface area contributed by atoms with Gasteiger partial charge < -0.3 is 44.7 Å². The maximum absolute atomic E-state index is 12.3. The molecule has 0 fully saturated rings. The highest BCUT2D eigenvalue weighted by molar-refractivity contribution is 9.10. The van der Waals surface area contributed by atoms with Crippen LogP contribution in [0.2, 0.25) is 4.34 Å². The van der Waals surface area contributed by atoms with Gasteiger partial charge in [0.15, 0.2) is 0 Å². The van der Waals surface area contributed by atoms with Gasteiger partial charge in [-0.15, -0.1) is 68.0 Å². The number of nitrogens with one attached hydrogen (secondary N) is 4. The third-order valence-corrected chi connectivity index (χ3v) is 20.9. The monoisotopic (exact) mass is 1360 g/mol. The molecule has 450 valence electrons. The predicted octanol–water partition coefficient (Wildman–Crippen LogP) is 15.5. The molecule has 2 aliphatic heterocycles. The van der Waals surface area contributed by atoms with E-state index in [2.05, 4.69) is 67.6 Å². The van der Waals surface area contributed by atoms with Crippen LogP contribution in [0.3, 0.4) is 0 Å². The van der Waals surface area contributed by atoms with Gasteiger partial charge in [0.1, 0.15) is 28.6 Å². The molecule has 1 aliphatic carbocycles. The molecule has 9 aromatic rings. The summed E-state index contributed by atoms with van der Waals surface area (Å²) in [5.74, 6) is 3.14. The number of nitriles is 1. The first-order valence-electron chi connectivity index (χ1n) is 27.8. The zero-order chi connectivity index (χ0) is 60.8. The molecule has 4 amide bonds. The molecular weight excluding hydrogens is 1300 g/mol. The Hall–Kier alpha value is -7.10. The summed E-state index contributed by atoms with van der Waals surface area (Å²) < 4.78 is 23.8. The molecule has 4 atom stereocenters. The van der Waals surface area contributed by atoms with Gasteiger partial charge in [-0.2, -0.15) is 5.26 Å². The Labute approximate surface area is 542 Å². The number of nitrogens with zero attached hydrogens (tertiary/aromatic N) is 1. The molecule has 87 heavy (non-hydrogen) atoms. The van der Waals surface area contributed by atoms with Crippen molar-refractivity contribution in [1.82, 2.24) is 21.3 Å². The van der Waals surface area contributed by atoms with E-state index in [-0.39, 0.29) is 53.8 Å². The van der Waals surface area contributed by atoms with E-state index >= 15 is 0 Å². The first kappa shape index (κ1) is 64.4. The highest BCUT2D eigenvalue weighted by Crippen LogP contribution is 2.36.